The van der Waals surface area contributed by atoms with Gasteiger partial charge in [-0.1, -0.05) is 84.6 Å². The zero-order valence-corrected chi connectivity index (χ0v) is 30.2. The zero-order valence-electron chi connectivity index (χ0n) is 28.4. The van der Waals surface area contributed by atoms with E-state index in [4.69, 9.17) is 9.47 Å². The normalized spacial score (nSPS) is 16.5. The van der Waals surface area contributed by atoms with Crippen LogP contribution >= 0.6 is 14.3 Å². The molecule has 0 radical (unpaired) electrons. The summed E-state index contributed by atoms with van der Waals surface area (Å²) in [4.78, 5) is 0. The van der Waals surface area contributed by atoms with E-state index in [0.29, 0.717) is 23.0 Å². The van der Waals surface area contributed by atoms with Gasteiger partial charge in [0.1, 0.15) is 23.0 Å². The summed E-state index contributed by atoms with van der Waals surface area (Å²) in [5, 5.41) is 4.53. The average Bonchev–Trinajstić information content (AvgIpc) is 3.31. The number of hydrogen-bond donors (Lipinski definition) is 0. The Balaban J connectivity index is 1.23. The fourth-order valence-corrected chi connectivity index (χ4v) is 14.1. The Kier molecular flexibility index (Phi) is 6.34. The predicted molar refractivity (Wildman–Crippen MR) is 202 cm³/mol. The first-order valence-electron chi connectivity index (χ1n) is 16.7. The first-order chi connectivity index (χ1) is 23.4. The van der Waals surface area contributed by atoms with Crippen LogP contribution in [0.15, 0.2) is 109 Å². The molecule has 1 aliphatic carbocycles. The minimum atomic E-state index is -3.29. The van der Waals surface area contributed by atoms with Crippen LogP contribution in [0.3, 0.4) is 0 Å². The minimum Gasteiger partial charge on any atom is -0.456 e. The molecule has 2 heterocycles. The highest BCUT2D eigenvalue weighted by Gasteiger charge is 2.44. The molecule has 2 aliphatic heterocycles. The van der Waals surface area contributed by atoms with Gasteiger partial charge in [0, 0.05) is 16.0 Å². The summed E-state index contributed by atoms with van der Waals surface area (Å²) in [5.41, 5.74) is 8.16. The van der Waals surface area contributed by atoms with Crippen molar-refractivity contribution < 1.29 is 18.6 Å². The molecule has 0 atom stereocenters. The second-order valence-electron chi connectivity index (χ2n) is 14.4. The number of hydrogen-bond acceptors (Lipinski definition) is 4. The molecule has 0 amide bonds. The van der Waals surface area contributed by atoms with Crippen molar-refractivity contribution >= 4 is 46.1 Å². The molecule has 49 heavy (non-hydrogen) atoms. The van der Waals surface area contributed by atoms with Crippen molar-refractivity contribution in [3.05, 3.63) is 143 Å². The Morgan fingerprint density at radius 1 is 0.429 bits per heavy atom. The third-order valence-electron chi connectivity index (χ3n) is 10.6. The second kappa shape index (κ2) is 10.2. The average molecular weight is 679 g/mol. The van der Waals surface area contributed by atoms with E-state index in [1.54, 1.807) is 0 Å². The number of benzene rings is 6. The third-order valence-corrected chi connectivity index (χ3v) is 16.7. The van der Waals surface area contributed by atoms with Gasteiger partial charge in [0.25, 0.3) is 0 Å². The van der Waals surface area contributed by atoms with Crippen LogP contribution in [0.2, 0.25) is 0 Å². The third kappa shape index (κ3) is 4.18. The molecule has 242 valence electrons. The van der Waals surface area contributed by atoms with Crippen LogP contribution in [0, 0.1) is 27.7 Å². The van der Waals surface area contributed by atoms with Crippen LogP contribution in [-0.2, 0) is 14.5 Å². The highest BCUT2D eigenvalue weighted by Crippen LogP contribution is 2.57. The van der Waals surface area contributed by atoms with Crippen LogP contribution in [-0.4, -0.2) is 0 Å². The van der Waals surface area contributed by atoms with Crippen molar-refractivity contribution in [2.75, 3.05) is 0 Å². The van der Waals surface area contributed by atoms with Crippen LogP contribution in [0.25, 0.3) is 11.1 Å². The van der Waals surface area contributed by atoms with Crippen LogP contribution < -0.4 is 41.3 Å². The van der Waals surface area contributed by atoms with E-state index >= 15 is 9.13 Å². The summed E-state index contributed by atoms with van der Waals surface area (Å²) in [6.07, 6.45) is 0. The van der Waals surface area contributed by atoms with Gasteiger partial charge in [-0.2, -0.15) is 0 Å². The smallest absolute Gasteiger partial charge is 0.178 e. The number of rotatable bonds is 2. The monoisotopic (exact) mass is 678 g/mol. The van der Waals surface area contributed by atoms with Crippen LogP contribution in [0.4, 0.5) is 0 Å². The zero-order chi connectivity index (χ0) is 34.0. The standard InChI is InChI=1S/C43H36O4P2/c1-25-7-15-35-39(19-25)48(44,40-20-26(2)8-16-36(40)46-35)29-11-13-31-32-14-12-30(24-34(32)43(5,6)33(31)23-29)49(45)41-21-27(3)9-17-37(41)47-38-18-10-28(4)22-42(38)49/h7-24H,1-6H3. The molecule has 6 aromatic carbocycles. The van der Waals surface area contributed by atoms with E-state index < -0.39 is 19.7 Å². The van der Waals surface area contributed by atoms with Gasteiger partial charge in [-0.05, 0) is 111 Å². The van der Waals surface area contributed by atoms with E-state index in [0.717, 1.165) is 76.3 Å². The molecule has 0 unspecified atom stereocenters. The maximum Gasteiger partial charge on any atom is 0.178 e. The van der Waals surface area contributed by atoms with Gasteiger partial charge < -0.3 is 18.6 Å². The summed E-state index contributed by atoms with van der Waals surface area (Å²) in [5.74, 6) is 2.57. The molecular weight excluding hydrogens is 642 g/mol. The first kappa shape index (κ1) is 30.4. The van der Waals surface area contributed by atoms with Crippen molar-refractivity contribution in [2.45, 2.75) is 47.0 Å². The predicted octanol–water partition coefficient (Wildman–Crippen LogP) is 8.72. The Bertz CT molecular complexity index is 2260. The number of ether oxygens (including phenoxy) is 2. The lowest BCUT2D eigenvalue weighted by Crippen LogP contribution is -2.32. The van der Waals surface area contributed by atoms with E-state index in [-0.39, 0.29) is 0 Å². The fourth-order valence-electron chi connectivity index (χ4n) is 8.00. The Morgan fingerprint density at radius 3 is 1.04 bits per heavy atom. The van der Waals surface area contributed by atoms with E-state index in [1.807, 2.05) is 113 Å². The summed E-state index contributed by atoms with van der Waals surface area (Å²) in [6, 6.07) is 36.5. The summed E-state index contributed by atoms with van der Waals surface area (Å²) in [6.45, 7) is 12.5. The number of aryl methyl sites for hydroxylation is 4. The SMILES string of the molecule is Cc1ccc2c(c1)P(=O)(c1ccc3c(c1)C(C)(C)c1cc(P4(=O)c5cc(C)ccc5Oc5ccc(C)cc54)ccc1-3)c1cc(C)ccc1O2. The van der Waals surface area contributed by atoms with Gasteiger partial charge in [0.05, 0.1) is 21.2 Å². The van der Waals surface area contributed by atoms with E-state index in [1.165, 1.54) is 0 Å². The lowest BCUT2D eigenvalue weighted by Gasteiger charge is -2.31. The summed E-state index contributed by atoms with van der Waals surface area (Å²) < 4.78 is 44.1. The quantitative estimate of drug-likeness (QED) is 0.172. The van der Waals surface area contributed by atoms with Gasteiger partial charge in [0.15, 0.2) is 14.3 Å². The Hall–Kier alpha value is -4.62. The van der Waals surface area contributed by atoms with E-state index in [2.05, 4.69) is 38.1 Å². The molecule has 0 bridgehead atoms. The molecule has 0 saturated carbocycles. The molecule has 0 fully saturated rings. The molecule has 3 aliphatic rings. The maximum absolute atomic E-state index is 15.7. The molecule has 6 heteroatoms. The van der Waals surface area contributed by atoms with Gasteiger partial charge >= 0.3 is 0 Å². The molecular formula is C43H36O4P2. The molecule has 0 saturated heterocycles. The van der Waals surface area contributed by atoms with Crippen molar-refractivity contribution in [2.24, 2.45) is 0 Å². The minimum absolute atomic E-state index is 0.441. The Morgan fingerprint density at radius 2 is 0.735 bits per heavy atom. The van der Waals surface area contributed by atoms with Crippen molar-refractivity contribution in [3.8, 4) is 34.1 Å². The maximum atomic E-state index is 15.7. The molecule has 0 N–H and O–H groups in total. The number of fused-ring (bicyclic) bond motifs is 7. The fraction of sp³-hybridized carbons (Fsp3) is 0.163. The highest BCUT2D eigenvalue weighted by atomic mass is 31.2. The van der Waals surface area contributed by atoms with Gasteiger partial charge in [-0.15, -0.1) is 0 Å². The van der Waals surface area contributed by atoms with Crippen molar-refractivity contribution in [1.82, 2.24) is 0 Å². The molecule has 9 rings (SSSR count). The van der Waals surface area contributed by atoms with Crippen molar-refractivity contribution in [3.63, 3.8) is 0 Å². The Labute approximate surface area is 287 Å². The van der Waals surface area contributed by atoms with Gasteiger partial charge in [-0.3, -0.25) is 0 Å². The lowest BCUT2D eigenvalue weighted by atomic mass is 9.82. The molecule has 0 aromatic heterocycles. The highest BCUT2D eigenvalue weighted by molar-refractivity contribution is 7.86. The van der Waals surface area contributed by atoms with Gasteiger partial charge in [-0.25, -0.2) is 0 Å². The van der Waals surface area contributed by atoms with Crippen molar-refractivity contribution in [1.29, 1.82) is 0 Å². The summed E-state index contributed by atoms with van der Waals surface area (Å²) >= 11 is 0. The van der Waals surface area contributed by atoms with Gasteiger partial charge in [0.2, 0.25) is 0 Å². The van der Waals surface area contributed by atoms with Crippen LogP contribution in [0.1, 0.15) is 47.2 Å². The second-order valence-corrected chi connectivity index (χ2v) is 19.8. The molecule has 0 spiro atoms. The first-order valence-corrected chi connectivity index (χ1v) is 20.1. The largest absolute Gasteiger partial charge is 0.456 e. The molecule has 6 aromatic rings. The van der Waals surface area contributed by atoms with E-state index in [9.17, 15) is 0 Å². The van der Waals surface area contributed by atoms with Crippen LogP contribution in [0.5, 0.6) is 23.0 Å². The lowest BCUT2D eigenvalue weighted by molar-refractivity contribution is 0.484. The summed E-state index contributed by atoms with van der Waals surface area (Å²) in [7, 11) is -6.58. The molecule has 4 nitrogen and oxygen atoms in total. The topological polar surface area (TPSA) is 52.6 Å².